The number of rotatable bonds is 8. The molecule has 4 aromatic rings. The van der Waals surface area contributed by atoms with Crippen molar-refractivity contribution >= 4 is 22.6 Å². The molecule has 0 radical (unpaired) electrons. The van der Waals surface area contributed by atoms with Crippen LogP contribution < -0.4 is 9.64 Å². The van der Waals surface area contributed by atoms with Crippen LogP contribution in [0, 0.1) is 6.92 Å². The molecule has 2 heterocycles. The molecule has 6 heteroatoms. The number of amides is 1. The predicted octanol–water partition coefficient (Wildman–Crippen LogP) is 4.87. The first-order chi connectivity index (χ1) is 17.0. The van der Waals surface area contributed by atoms with Crippen molar-refractivity contribution in [2.45, 2.75) is 45.3 Å². The summed E-state index contributed by atoms with van der Waals surface area (Å²) < 4.78 is 7.90. The zero-order valence-electron chi connectivity index (χ0n) is 20.2. The highest BCUT2D eigenvalue weighted by Gasteiger charge is 2.35. The Kier molecular flexibility index (Phi) is 6.55. The number of aryl methyl sites for hydroxylation is 2. The number of aliphatic hydroxyl groups is 1. The third-order valence-electron chi connectivity index (χ3n) is 6.66. The van der Waals surface area contributed by atoms with Crippen molar-refractivity contribution in [3.8, 4) is 5.75 Å². The molecule has 6 nitrogen and oxygen atoms in total. The molecule has 0 aliphatic carbocycles. The average Bonchev–Trinajstić information content (AvgIpc) is 3.43. The van der Waals surface area contributed by atoms with Gasteiger partial charge in [0.15, 0.2) is 0 Å². The van der Waals surface area contributed by atoms with Crippen LogP contribution in [-0.4, -0.2) is 39.8 Å². The molecule has 1 aliphatic rings. The number of fused-ring (bicyclic) bond motifs is 1. The van der Waals surface area contributed by atoms with Gasteiger partial charge in [0.1, 0.15) is 24.3 Å². The predicted molar refractivity (Wildman–Crippen MR) is 138 cm³/mol. The molecule has 1 saturated heterocycles. The molecule has 0 saturated carbocycles. The number of aromatic nitrogens is 2. The van der Waals surface area contributed by atoms with Crippen LogP contribution in [0.3, 0.4) is 0 Å². The molecule has 0 bridgehead atoms. The van der Waals surface area contributed by atoms with E-state index in [4.69, 9.17) is 9.72 Å². The summed E-state index contributed by atoms with van der Waals surface area (Å²) in [5.41, 5.74) is 5.10. The largest absolute Gasteiger partial charge is 0.491 e. The highest BCUT2D eigenvalue weighted by Crippen LogP contribution is 2.33. The molecule has 1 aliphatic heterocycles. The van der Waals surface area contributed by atoms with Crippen molar-refractivity contribution < 1.29 is 14.6 Å². The molecule has 2 atom stereocenters. The third-order valence-corrected chi connectivity index (χ3v) is 6.66. The SMILES string of the molecule is CCc1ccc(N2C[C@@H](c3nc4ccccc4n3C[C@H](O)COc3cccc(C)c3)CC2=O)cc1. The van der Waals surface area contributed by atoms with Gasteiger partial charge in [0.2, 0.25) is 5.91 Å². The molecule has 1 amide bonds. The maximum absolute atomic E-state index is 13.0. The van der Waals surface area contributed by atoms with Crippen LogP contribution in [0.15, 0.2) is 72.8 Å². The number of nitrogens with zero attached hydrogens (tertiary/aromatic N) is 3. The smallest absolute Gasteiger partial charge is 0.227 e. The standard InChI is InChI=1S/C29H31N3O3/c1-3-21-11-13-23(14-12-21)31-17-22(16-28(31)34)29-30-26-9-4-5-10-27(26)32(29)18-24(33)19-35-25-8-6-7-20(2)15-25/h4-15,22,24,33H,3,16-19H2,1-2H3/t22-,24-/m0/s1. The van der Waals surface area contributed by atoms with E-state index in [2.05, 4.69) is 23.6 Å². The van der Waals surface area contributed by atoms with Crippen molar-refractivity contribution in [3.63, 3.8) is 0 Å². The van der Waals surface area contributed by atoms with Gasteiger partial charge >= 0.3 is 0 Å². The molecule has 1 fully saturated rings. The number of ether oxygens (including phenoxy) is 1. The molecule has 1 aromatic heterocycles. The number of imidazole rings is 1. The highest BCUT2D eigenvalue weighted by atomic mass is 16.5. The van der Waals surface area contributed by atoms with Gasteiger partial charge in [-0.1, -0.05) is 43.3 Å². The van der Waals surface area contributed by atoms with Crippen LogP contribution in [0.25, 0.3) is 11.0 Å². The number of hydrogen-bond donors (Lipinski definition) is 1. The minimum absolute atomic E-state index is 0.0503. The van der Waals surface area contributed by atoms with E-state index in [1.54, 1.807) is 0 Å². The number of hydrogen-bond acceptors (Lipinski definition) is 4. The van der Waals surface area contributed by atoms with E-state index in [1.807, 2.05) is 72.5 Å². The normalized spacial score (nSPS) is 16.7. The van der Waals surface area contributed by atoms with Crippen LogP contribution in [0.5, 0.6) is 5.75 Å². The molecule has 0 unspecified atom stereocenters. The van der Waals surface area contributed by atoms with Gasteiger partial charge in [-0.25, -0.2) is 4.98 Å². The van der Waals surface area contributed by atoms with Gasteiger partial charge in [-0.3, -0.25) is 4.79 Å². The van der Waals surface area contributed by atoms with Crippen molar-refractivity contribution in [1.29, 1.82) is 0 Å². The van der Waals surface area contributed by atoms with Gasteiger partial charge in [-0.15, -0.1) is 0 Å². The number of anilines is 1. The summed E-state index contributed by atoms with van der Waals surface area (Å²) in [4.78, 5) is 19.7. The zero-order chi connectivity index (χ0) is 24.4. The van der Waals surface area contributed by atoms with E-state index in [0.29, 0.717) is 19.5 Å². The van der Waals surface area contributed by atoms with Crippen LogP contribution in [-0.2, 0) is 17.8 Å². The fourth-order valence-electron chi connectivity index (χ4n) is 4.80. The monoisotopic (exact) mass is 469 g/mol. The Morgan fingerprint density at radius 3 is 2.66 bits per heavy atom. The summed E-state index contributed by atoms with van der Waals surface area (Å²) in [5.74, 6) is 1.62. The first kappa shape index (κ1) is 23.1. The van der Waals surface area contributed by atoms with E-state index in [0.717, 1.165) is 40.3 Å². The number of carbonyl (C=O) groups excluding carboxylic acids is 1. The Hall–Kier alpha value is -3.64. The molecular weight excluding hydrogens is 438 g/mol. The second-order valence-electron chi connectivity index (χ2n) is 9.28. The molecule has 5 rings (SSSR count). The lowest BCUT2D eigenvalue weighted by Gasteiger charge is -2.19. The summed E-state index contributed by atoms with van der Waals surface area (Å²) in [5, 5.41) is 10.9. The minimum Gasteiger partial charge on any atom is -0.491 e. The van der Waals surface area contributed by atoms with Crippen molar-refractivity contribution in [1.82, 2.24) is 9.55 Å². The Morgan fingerprint density at radius 1 is 1.09 bits per heavy atom. The van der Waals surface area contributed by atoms with Gasteiger partial charge in [0.25, 0.3) is 0 Å². The fourth-order valence-corrected chi connectivity index (χ4v) is 4.80. The van der Waals surface area contributed by atoms with Crippen molar-refractivity contribution in [2.24, 2.45) is 0 Å². The highest BCUT2D eigenvalue weighted by molar-refractivity contribution is 5.96. The molecule has 1 N–H and O–H groups in total. The van der Waals surface area contributed by atoms with Gasteiger partial charge in [0, 0.05) is 24.6 Å². The lowest BCUT2D eigenvalue weighted by molar-refractivity contribution is -0.117. The number of carbonyl (C=O) groups is 1. The van der Waals surface area contributed by atoms with Gasteiger partial charge < -0.3 is 19.3 Å². The van der Waals surface area contributed by atoms with Gasteiger partial charge in [0.05, 0.1) is 17.6 Å². The molecule has 35 heavy (non-hydrogen) atoms. The summed E-state index contributed by atoms with van der Waals surface area (Å²) in [6.07, 6.45) is 0.646. The first-order valence-corrected chi connectivity index (χ1v) is 12.2. The van der Waals surface area contributed by atoms with E-state index < -0.39 is 6.10 Å². The van der Waals surface area contributed by atoms with E-state index in [-0.39, 0.29) is 18.4 Å². The van der Waals surface area contributed by atoms with Gasteiger partial charge in [-0.05, 0) is 60.9 Å². The zero-order valence-corrected chi connectivity index (χ0v) is 20.2. The quantitative estimate of drug-likeness (QED) is 0.400. The number of benzene rings is 3. The Balaban J connectivity index is 1.37. The van der Waals surface area contributed by atoms with Crippen molar-refractivity contribution in [2.75, 3.05) is 18.1 Å². The molecule has 3 aromatic carbocycles. The Morgan fingerprint density at radius 2 is 1.89 bits per heavy atom. The topological polar surface area (TPSA) is 67.6 Å². The third kappa shape index (κ3) is 4.93. The summed E-state index contributed by atoms with van der Waals surface area (Å²) in [6, 6.07) is 23.9. The fraction of sp³-hybridized carbons (Fsp3) is 0.310. The summed E-state index contributed by atoms with van der Waals surface area (Å²) in [6.45, 7) is 5.23. The maximum Gasteiger partial charge on any atom is 0.227 e. The molecule has 180 valence electrons. The van der Waals surface area contributed by atoms with Crippen molar-refractivity contribution in [3.05, 3.63) is 89.7 Å². The second kappa shape index (κ2) is 9.92. The van der Waals surface area contributed by atoms with Crippen LogP contribution in [0.4, 0.5) is 5.69 Å². The van der Waals surface area contributed by atoms with Gasteiger partial charge in [-0.2, -0.15) is 0 Å². The number of aliphatic hydroxyl groups excluding tert-OH is 1. The van der Waals surface area contributed by atoms with Crippen LogP contribution in [0.2, 0.25) is 0 Å². The van der Waals surface area contributed by atoms with E-state index in [1.165, 1.54) is 5.56 Å². The molecular formula is C29H31N3O3. The molecule has 0 spiro atoms. The van der Waals surface area contributed by atoms with Crippen LogP contribution >= 0.6 is 0 Å². The Labute approximate surface area is 205 Å². The van der Waals surface area contributed by atoms with Crippen LogP contribution in [0.1, 0.15) is 36.2 Å². The van der Waals surface area contributed by atoms with E-state index in [9.17, 15) is 9.90 Å². The second-order valence-corrected chi connectivity index (χ2v) is 9.28. The first-order valence-electron chi connectivity index (χ1n) is 12.2. The summed E-state index contributed by atoms with van der Waals surface area (Å²) >= 11 is 0. The van der Waals surface area contributed by atoms with E-state index >= 15 is 0 Å². The number of para-hydroxylation sites is 2. The Bertz CT molecular complexity index is 1330. The lowest BCUT2D eigenvalue weighted by atomic mass is 10.1. The summed E-state index contributed by atoms with van der Waals surface area (Å²) in [7, 11) is 0. The minimum atomic E-state index is -0.721. The maximum atomic E-state index is 13.0. The lowest BCUT2D eigenvalue weighted by Crippen LogP contribution is -2.26. The average molecular weight is 470 g/mol.